The number of hydrogen-bond acceptors (Lipinski definition) is 7. The molecule has 0 atom stereocenters. The molecule has 1 aliphatic heterocycles. The summed E-state index contributed by atoms with van der Waals surface area (Å²) in [6, 6.07) is 13.5. The second-order valence-electron chi connectivity index (χ2n) is 8.25. The third-order valence-electron chi connectivity index (χ3n) is 5.71. The largest absolute Gasteiger partial charge is 0.475 e. The highest BCUT2D eigenvalue weighted by molar-refractivity contribution is 6.05. The number of anilines is 3. The van der Waals surface area contributed by atoms with Crippen LogP contribution in [0.5, 0.6) is 17.4 Å². The Hall–Kier alpha value is -4.93. The lowest BCUT2D eigenvalue weighted by Gasteiger charge is -2.30. The van der Waals surface area contributed by atoms with Gasteiger partial charge < -0.3 is 25.4 Å². The normalized spacial score (nSPS) is 12.5. The number of aromatic nitrogens is 2. The first-order chi connectivity index (χ1) is 17.8. The molecule has 3 heterocycles. The van der Waals surface area contributed by atoms with Gasteiger partial charge in [-0.05, 0) is 48.5 Å². The summed E-state index contributed by atoms with van der Waals surface area (Å²) in [5.74, 6) is -1.30. The first-order valence-electron chi connectivity index (χ1n) is 11.2. The zero-order chi connectivity index (χ0) is 26.1. The molecule has 2 aromatic heterocycles. The van der Waals surface area contributed by atoms with Crippen molar-refractivity contribution in [1.29, 1.82) is 0 Å². The van der Waals surface area contributed by atoms with Crippen LogP contribution in [-0.4, -0.2) is 35.7 Å². The highest BCUT2D eigenvalue weighted by Gasteiger charge is 2.26. The van der Waals surface area contributed by atoms with E-state index >= 15 is 0 Å². The third kappa shape index (κ3) is 4.79. The Labute approximate surface area is 209 Å². The lowest BCUT2D eigenvalue weighted by Crippen LogP contribution is -2.36. The van der Waals surface area contributed by atoms with Crippen LogP contribution in [0.4, 0.5) is 26.0 Å². The molecule has 0 spiro atoms. The number of carbonyl (C=O) groups excluding carboxylic acids is 1. The van der Waals surface area contributed by atoms with Gasteiger partial charge in [0.05, 0.1) is 17.9 Å². The number of ether oxygens (including phenoxy) is 2. The van der Waals surface area contributed by atoms with Crippen LogP contribution in [0.25, 0.3) is 5.69 Å². The minimum Gasteiger partial charge on any atom is -0.475 e. The zero-order valence-corrected chi connectivity index (χ0v) is 19.6. The van der Waals surface area contributed by atoms with Crippen LogP contribution in [0, 0.1) is 11.6 Å². The average Bonchev–Trinajstić information content (AvgIpc) is 2.86. The summed E-state index contributed by atoms with van der Waals surface area (Å²) in [7, 11) is 1.80. The Bertz CT molecular complexity index is 1560. The lowest BCUT2D eigenvalue weighted by atomic mass is 10.1. The molecule has 5 rings (SSSR count). The van der Waals surface area contributed by atoms with Gasteiger partial charge in [0.1, 0.15) is 29.6 Å². The van der Waals surface area contributed by atoms with Crippen molar-refractivity contribution in [1.82, 2.24) is 9.55 Å². The first-order valence-corrected chi connectivity index (χ1v) is 11.2. The Kier molecular flexibility index (Phi) is 6.18. The smallest absolute Gasteiger partial charge is 0.270 e. The summed E-state index contributed by atoms with van der Waals surface area (Å²) in [6.07, 6.45) is 1.43. The molecule has 0 saturated heterocycles. The predicted octanol–water partition coefficient (Wildman–Crippen LogP) is 3.97. The number of benzene rings is 2. The molecular weight excluding hydrogens is 484 g/mol. The van der Waals surface area contributed by atoms with Crippen LogP contribution < -0.4 is 31.0 Å². The highest BCUT2D eigenvalue weighted by Crippen LogP contribution is 2.33. The lowest BCUT2D eigenvalue weighted by molar-refractivity contribution is 0.102. The van der Waals surface area contributed by atoms with E-state index in [1.54, 1.807) is 7.05 Å². The summed E-state index contributed by atoms with van der Waals surface area (Å²) < 4.78 is 40.7. The van der Waals surface area contributed by atoms with Crippen molar-refractivity contribution in [3.63, 3.8) is 0 Å². The van der Waals surface area contributed by atoms with Gasteiger partial charge in [0.15, 0.2) is 11.6 Å². The maximum absolute atomic E-state index is 14.7. The van der Waals surface area contributed by atoms with Gasteiger partial charge in [0.25, 0.3) is 11.5 Å². The maximum atomic E-state index is 14.7. The maximum Gasteiger partial charge on any atom is 0.270 e. The number of likely N-dealkylation sites (N-methyl/N-ethyl adjacent to an activating group) is 1. The van der Waals surface area contributed by atoms with Gasteiger partial charge in [0, 0.05) is 31.1 Å². The van der Waals surface area contributed by atoms with Crippen molar-refractivity contribution in [2.45, 2.75) is 0 Å². The standard InChI is InChI=1S/C26H21F2N5O4/c1-32-10-11-36-26-21(32)14-19(25(35)33(26)17-5-2-15(27)3-6-17)24(34)31-16-4-7-22(20(28)12-16)37-18-8-9-30-23(29)13-18/h2-9,12-14H,10-11H2,1H3,(H2,29,30)(H,31,34). The van der Waals surface area contributed by atoms with E-state index in [1.165, 1.54) is 65.4 Å². The molecule has 1 aliphatic rings. The first kappa shape index (κ1) is 23.8. The number of carbonyl (C=O) groups is 1. The molecular formula is C26H21F2N5O4. The van der Waals surface area contributed by atoms with Crippen molar-refractivity contribution in [2.75, 3.05) is 36.1 Å². The number of rotatable bonds is 5. The second-order valence-corrected chi connectivity index (χ2v) is 8.25. The fourth-order valence-electron chi connectivity index (χ4n) is 3.86. The van der Waals surface area contributed by atoms with Gasteiger partial charge in [-0.15, -0.1) is 0 Å². The Balaban J connectivity index is 1.47. The van der Waals surface area contributed by atoms with E-state index in [0.29, 0.717) is 30.3 Å². The number of nitrogen functional groups attached to an aromatic ring is 1. The van der Waals surface area contributed by atoms with Gasteiger partial charge in [-0.1, -0.05) is 0 Å². The van der Waals surface area contributed by atoms with E-state index in [1.807, 2.05) is 4.90 Å². The number of halogens is 2. The third-order valence-corrected chi connectivity index (χ3v) is 5.71. The minimum atomic E-state index is -0.752. The molecule has 188 valence electrons. The summed E-state index contributed by atoms with van der Waals surface area (Å²) >= 11 is 0. The van der Waals surface area contributed by atoms with Gasteiger partial charge in [0.2, 0.25) is 5.88 Å². The van der Waals surface area contributed by atoms with Crippen LogP contribution in [0.2, 0.25) is 0 Å². The number of amides is 1. The van der Waals surface area contributed by atoms with Crippen molar-refractivity contribution < 1.29 is 23.0 Å². The molecule has 0 radical (unpaired) electrons. The van der Waals surface area contributed by atoms with Crippen molar-refractivity contribution in [3.8, 4) is 23.1 Å². The zero-order valence-electron chi connectivity index (χ0n) is 19.6. The summed E-state index contributed by atoms with van der Waals surface area (Å²) in [4.78, 5) is 32.3. The van der Waals surface area contributed by atoms with Crippen LogP contribution in [0.15, 0.2) is 71.7 Å². The molecule has 1 amide bonds. The molecule has 37 heavy (non-hydrogen) atoms. The minimum absolute atomic E-state index is 0.0881. The number of nitrogens with one attached hydrogen (secondary N) is 1. The monoisotopic (exact) mass is 505 g/mol. The average molecular weight is 505 g/mol. The number of hydrogen-bond donors (Lipinski definition) is 2. The highest BCUT2D eigenvalue weighted by atomic mass is 19.1. The predicted molar refractivity (Wildman–Crippen MR) is 134 cm³/mol. The van der Waals surface area contributed by atoms with Gasteiger partial charge >= 0.3 is 0 Å². The van der Waals surface area contributed by atoms with Gasteiger partial charge in [-0.25, -0.2) is 18.3 Å². The van der Waals surface area contributed by atoms with Crippen LogP contribution >= 0.6 is 0 Å². The van der Waals surface area contributed by atoms with E-state index in [-0.39, 0.29) is 28.7 Å². The molecule has 3 N–H and O–H groups in total. The Morgan fingerprint density at radius 1 is 1.11 bits per heavy atom. The molecule has 2 aromatic carbocycles. The number of pyridine rings is 2. The fraction of sp³-hybridized carbons (Fsp3) is 0.115. The molecule has 0 bridgehead atoms. The fourth-order valence-corrected chi connectivity index (χ4v) is 3.86. The van der Waals surface area contributed by atoms with E-state index in [0.717, 1.165) is 6.07 Å². The molecule has 0 fully saturated rings. The molecule has 0 unspecified atom stereocenters. The Morgan fingerprint density at radius 3 is 2.62 bits per heavy atom. The SMILES string of the molecule is CN1CCOc2c1cc(C(=O)Nc1ccc(Oc3ccnc(N)c3)c(F)c1)c(=O)n2-c1ccc(F)cc1. The quantitative estimate of drug-likeness (QED) is 0.422. The van der Waals surface area contributed by atoms with Crippen molar-refractivity contribution in [2.24, 2.45) is 0 Å². The van der Waals surface area contributed by atoms with E-state index in [2.05, 4.69) is 10.3 Å². The van der Waals surface area contributed by atoms with Gasteiger partial charge in [-0.3, -0.25) is 9.59 Å². The summed E-state index contributed by atoms with van der Waals surface area (Å²) in [5.41, 5.74) is 5.69. The number of nitrogens with zero attached hydrogens (tertiary/aromatic N) is 3. The summed E-state index contributed by atoms with van der Waals surface area (Å²) in [6.45, 7) is 0.862. The molecule has 9 nitrogen and oxygen atoms in total. The number of fused-ring (bicyclic) bond motifs is 1. The van der Waals surface area contributed by atoms with E-state index in [9.17, 15) is 18.4 Å². The van der Waals surface area contributed by atoms with Crippen LogP contribution in [0.3, 0.4) is 0 Å². The van der Waals surface area contributed by atoms with E-state index < -0.39 is 23.1 Å². The van der Waals surface area contributed by atoms with Crippen molar-refractivity contribution in [3.05, 3.63) is 94.4 Å². The molecule has 0 saturated carbocycles. The second kappa shape index (κ2) is 9.61. The topological polar surface area (TPSA) is 112 Å². The Morgan fingerprint density at radius 2 is 1.89 bits per heavy atom. The number of nitrogens with two attached hydrogens (primary N) is 1. The molecule has 4 aromatic rings. The van der Waals surface area contributed by atoms with E-state index in [4.69, 9.17) is 15.2 Å². The molecule has 0 aliphatic carbocycles. The van der Waals surface area contributed by atoms with Crippen LogP contribution in [-0.2, 0) is 0 Å². The van der Waals surface area contributed by atoms with Crippen LogP contribution in [0.1, 0.15) is 10.4 Å². The molecule has 11 heteroatoms. The van der Waals surface area contributed by atoms with Crippen molar-refractivity contribution >= 4 is 23.1 Å². The van der Waals surface area contributed by atoms with Gasteiger partial charge in [-0.2, -0.15) is 0 Å². The summed E-state index contributed by atoms with van der Waals surface area (Å²) in [5, 5.41) is 2.55.